The highest BCUT2D eigenvalue weighted by Crippen LogP contribution is 2.31. The minimum Gasteiger partial charge on any atom is -0.494 e. The number of hydrogen-bond acceptors (Lipinski definition) is 2. The monoisotopic (exact) mass is 317 g/mol. The van der Waals surface area contributed by atoms with Gasteiger partial charge in [-0.2, -0.15) is 0 Å². The maximum Gasteiger partial charge on any atom is 0.254 e. The number of benzene rings is 2. The Hall–Kier alpha value is -2.43. The minimum atomic E-state index is -0.583. The molecule has 1 saturated carbocycles. The van der Waals surface area contributed by atoms with Gasteiger partial charge in [0.25, 0.3) is 5.91 Å². The van der Waals surface area contributed by atoms with E-state index in [-0.39, 0.29) is 35.6 Å². The van der Waals surface area contributed by atoms with Gasteiger partial charge in [-0.1, -0.05) is 18.2 Å². The van der Waals surface area contributed by atoms with Crippen LogP contribution in [-0.2, 0) is 6.54 Å². The van der Waals surface area contributed by atoms with Crippen molar-refractivity contribution in [2.24, 2.45) is 0 Å². The fourth-order valence-corrected chi connectivity index (χ4v) is 2.53. The number of hydrogen-bond donors (Lipinski definition) is 0. The summed E-state index contributed by atoms with van der Waals surface area (Å²) in [6.07, 6.45) is 1.78. The molecule has 3 nitrogen and oxygen atoms in total. The maximum absolute atomic E-state index is 13.8. The lowest BCUT2D eigenvalue weighted by Gasteiger charge is -2.23. The largest absolute Gasteiger partial charge is 0.494 e. The lowest BCUT2D eigenvalue weighted by atomic mass is 10.1. The molecule has 1 aliphatic rings. The molecule has 5 heteroatoms. The molecule has 0 heterocycles. The van der Waals surface area contributed by atoms with E-state index in [1.165, 1.54) is 25.3 Å². The Balaban J connectivity index is 1.85. The molecule has 0 aliphatic heterocycles. The molecule has 2 aromatic rings. The first kappa shape index (κ1) is 15.5. The fourth-order valence-electron chi connectivity index (χ4n) is 2.53. The van der Waals surface area contributed by atoms with Crippen molar-refractivity contribution >= 4 is 5.91 Å². The topological polar surface area (TPSA) is 29.5 Å². The number of halogens is 2. The lowest BCUT2D eigenvalue weighted by molar-refractivity contribution is 0.0727. The zero-order chi connectivity index (χ0) is 16.4. The summed E-state index contributed by atoms with van der Waals surface area (Å²) in [4.78, 5) is 14.3. The van der Waals surface area contributed by atoms with E-state index >= 15 is 0 Å². The summed E-state index contributed by atoms with van der Waals surface area (Å²) < 4.78 is 32.5. The second kappa shape index (κ2) is 6.36. The summed E-state index contributed by atoms with van der Waals surface area (Å²) in [5.74, 6) is -1.13. The van der Waals surface area contributed by atoms with Gasteiger partial charge in [0.2, 0.25) is 0 Å². The zero-order valence-electron chi connectivity index (χ0n) is 12.8. The van der Waals surface area contributed by atoms with Gasteiger partial charge in [-0.3, -0.25) is 4.79 Å². The smallest absolute Gasteiger partial charge is 0.254 e. The molecule has 0 N–H and O–H groups in total. The number of methoxy groups -OCH3 is 1. The molecule has 1 fully saturated rings. The summed E-state index contributed by atoms with van der Waals surface area (Å²) in [5, 5.41) is 0. The van der Waals surface area contributed by atoms with Crippen LogP contribution < -0.4 is 4.74 Å². The van der Waals surface area contributed by atoms with Gasteiger partial charge in [0, 0.05) is 23.7 Å². The molecule has 0 spiro atoms. The second-order valence-electron chi connectivity index (χ2n) is 5.60. The van der Waals surface area contributed by atoms with Crippen molar-refractivity contribution in [3.63, 3.8) is 0 Å². The third-order valence-electron chi connectivity index (χ3n) is 3.95. The van der Waals surface area contributed by atoms with Gasteiger partial charge in [-0.05, 0) is 37.1 Å². The van der Waals surface area contributed by atoms with Crippen molar-refractivity contribution in [2.75, 3.05) is 7.11 Å². The van der Waals surface area contributed by atoms with Crippen LogP contribution >= 0.6 is 0 Å². The van der Waals surface area contributed by atoms with Gasteiger partial charge in [0.1, 0.15) is 5.82 Å². The molecular weight excluding hydrogens is 300 g/mol. The van der Waals surface area contributed by atoms with Crippen LogP contribution in [0.2, 0.25) is 0 Å². The van der Waals surface area contributed by atoms with Crippen molar-refractivity contribution in [1.29, 1.82) is 0 Å². The van der Waals surface area contributed by atoms with Crippen LogP contribution in [0.3, 0.4) is 0 Å². The molecule has 1 amide bonds. The van der Waals surface area contributed by atoms with E-state index in [0.717, 1.165) is 18.9 Å². The molecule has 3 rings (SSSR count). The summed E-state index contributed by atoms with van der Waals surface area (Å²) in [6, 6.07) is 10.6. The van der Waals surface area contributed by atoms with Gasteiger partial charge in [0.05, 0.1) is 7.11 Å². The molecule has 2 aromatic carbocycles. The van der Waals surface area contributed by atoms with Crippen LogP contribution in [0, 0.1) is 11.6 Å². The Labute approximate surface area is 133 Å². The van der Waals surface area contributed by atoms with Crippen LogP contribution in [0.15, 0.2) is 42.5 Å². The molecular formula is C18H17F2NO2. The first-order valence-corrected chi connectivity index (χ1v) is 7.48. The molecule has 0 bridgehead atoms. The zero-order valence-corrected chi connectivity index (χ0v) is 12.8. The van der Waals surface area contributed by atoms with Crippen molar-refractivity contribution in [1.82, 2.24) is 4.90 Å². The molecule has 23 heavy (non-hydrogen) atoms. The van der Waals surface area contributed by atoms with Gasteiger partial charge in [-0.15, -0.1) is 0 Å². The average molecular weight is 317 g/mol. The van der Waals surface area contributed by atoms with E-state index < -0.39 is 5.82 Å². The van der Waals surface area contributed by atoms with E-state index in [1.807, 2.05) is 0 Å². The Morgan fingerprint density at radius 2 is 1.91 bits per heavy atom. The molecule has 0 radical (unpaired) electrons. The molecule has 0 unspecified atom stereocenters. The maximum atomic E-state index is 13.8. The normalized spacial score (nSPS) is 13.7. The van der Waals surface area contributed by atoms with Crippen LogP contribution in [-0.4, -0.2) is 24.0 Å². The number of carbonyl (C=O) groups excluding carboxylic acids is 1. The predicted octanol–water partition coefficient (Wildman–Crippen LogP) is 3.78. The van der Waals surface area contributed by atoms with E-state index in [2.05, 4.69) is 0 Å². The van der Waals surface area contributed by atoms with Crippen molar-refractivity contribution in [2.45, 2.75) is 25.4 Å². The highest BCUT2D eigenvalue weighted by molar-refractivity contribution is 5.94. The number of ether oxygens (including phenoxy) is 1. The van der Waals surface area contributed by atoms with E-state index in [4.69, 9.17) is 4.74 Å². The van der Waals surface area contributed by atoms with Crippen molar-refractivity contribution in [3.05, 3.63) is 65.2 Å². The number of carbonyl (C=O) groups is 1. The SMILES string of the molecule is COc1ccc(C(=O)N(Cc2ccccc2F)C2CC2)cc1F. The van der Waals surface area contributed by atoms with E-state index in [0.29, 0.717) is 5.56 Å². The number of rotatable bonds is 5. The average Bonchev–Trinajstić information content (AvgIpc) is 3.38. The van der Waals surface area contributed by atoms with Crippen molar-refractivity contribution < 1.29 is 18.3 Å². The predicted molar refractivity (Wildman–Crippen MR) is 82.2 cm³/mol. The molecule has 0 saturated heterocycles. The van der Waals surface area contributed by atoms with E-state index in [1.54, 1.807) is 23.1 Å². The van der Waals surface area contributed by atoms with Gasteiger partial charge in [-0.25, -0.2) is 8.78 Å². The molecule has 0 atom stereocenters. The third kappa shape index (κ3) is 3.33. The van der Waals surface area contributed by atoms with Gasteiger partial charge >= 0.3 is 0 Å². The third-order valence-corrected chi connectivity index (χ3v) is 3.95. The van der Waals surface area contributed by atoms with E-state index in [9.17, 15) is 13.6 Å². The van der Waals surface area contributed by atoms with Crippen LogP contribution in [0.25, 0.3) is 0 Å². The van der Waals surface area contributed by atoms with Crippen LogP contribution in [0.5, 0.6) is 5.75 Å². The highest BCUT2D eigenvalue weighted by atomic mass is 19.1. The Morgan fingerprint density at radius 1 is 1.17 bits per heavy atom. The summed E-state index contributed by atoms with van der Waals surface area (Å²) in [5.41, 5.74) is 0.702. The quantitative estimate of drug-likeness (QED) is 0.840. The van der Waals surface area contributed by atoms with Crippen LogP contribution in [0.1, 0.15) is 28.8 Å². The second-order valence-corrected chi connectivity index (χ2v) is 5.60. The summed E-state index contributed by atoms with van der Waals surface area (Å²) in [7, 11) is 1.37. The lowest BCUT2D eigenvalue weighted by Crippen LogP contribution is -2.33. The highest BCUT2D eigenvalue weighted by Gasteiger charge is 2.33. The first-order chi connectivity index (χ1) is 11.1. The fraction of sp³-hybridized carbons (Fsp3) is 0.278. The summed E-state index contributed by atoms with van der Waals surface area (Å²) >= 11 is 0. The summed E-state index contributed by atoms with van der Waals surface area (Å²) in [6.45, 7) is 0.184. The Kier molecular flexibility index (Phi) is 4.28. The molecule has 0 aromatic heterocycles. The molecule has 120 valence electrons. The minimum absolute atomic E-state index is 0.0901. The van der Waals surface area contributed by atoms with Gasteiger partial charge in [0.15, 0.2) is 11.6 Å². The first-order valence-electron chi connectivity index (χ1n) is 7.48. The standard InChI is InChI=1S/C18H17F2NO2/c1-23-17-9-6-12(10-16(17)20)18(22)21(14-7-8-14)11-13-4-2-3-5-15(13)19/h2-6,9-10,14H,7-8,11H2,1H3. The van der Waals surface area contributed by atoms with Crippen LogP contribution in [0.4, 0.5) is 8.78 Å². The number of amides is 1. The molecule has 1 aliphatic carbocycles. The number of nitrogens with zero attached hydrogens (tertiary/aromatic N) is 1. The Morgan fingerprint density at radius 3 is 2.52 bits per heavy atom. The van der Waals surface area contributed by atoms with Gasteiger partial charge < -0.3 is 9.64 Å². The van der Waals surface area contributed by atoms with Crippen molar-refractivity contribution in [3.8, 4) is 5.75 Å². The Bertz CT molecular complexity index is 729.